The summed E-state index contributed by atoms with van der Waals surface area (Å²) in [5.41, 5.74) is 13.0. The van der Waals surface area contributed by atoms with Gasteiger partial charge in [0.15, 0.2) is 0 Å². The summed E-state index contributed by atoms with van der Waals surface area (Å²) in [7, 11) is 0. The van der Waals surface area contributed by atoms with Crippen molar-refractivity contribution in [3.63, 3.8) is 0 Å². The molecule has 7 atom stereocenters. The number of carbonyl (C=O) groups is 6. The third-order valence-electron chi connectivity index (χ3n) is 12.7. The lowest BCUT2D eigenvalue weighted by molar-refractivity contribution is -0.138. The van der Waals surface area contributed by atoms with Crippen LogP contribution in [-0.2, 0) is 36.8 Å². The van der Waals surface area contributed by atoms with Gasteiger partial charge < -0.3 is 47.3 Å². The molecule has 2 heterocycles. The molecule has 0 radical (unpaired) electrons. The van der Waals surface area contributed by atoms with Gasteiger partial charge in [-0.25, -0.2) is 9.78 Å². The number of hydrogen-bond donors (Lipinski definition) is 7. The Labute approximate surface area is 403 Å². The maximum absolute atomic E-state index is 14.5. The van der Waals surface area contributed by atoms with E-state index in [2.05, 4.69) is 31.2 Å². The molecule has 0 spiro atoms. The van der Waals surface area contributed by atoms with Crippen LogP contribution in [0.15, 0.2) is 91.0 Å². The zero-order valence-electron chi connectivity index (χ0n) is 39.9. The number of carboxylic acid groups (broad SMARTS) is 1. The molecule has 2 fully saturated rings. The molecule has 17 heteroatoms. The quantitative estimate of drug-likeness (QED) is 0.0532. The van der Waals surface area contributed by atoms with Gasteiger partial charge in [-0.1, -0.05) is 86.0 Å². The Morgan fingerprint density at radius 1 is 0.841 bits per heavy atom. The normalized spacial score (nSPS) is 18.9. The molecule has 370 valence electrons. The van der Waals surface area contributed by atoms with Gasteiger partial charge in [0, 0.05) is 30.6 Å². The highest BCUT2D eigenvalue weighted by Crippen LogP contribution is 2.39. The number of rotatable bonds is 22. The number of carbonyl (C=O) groups excluding carboxylic acids is 5. The van der Waals surface area contributed by atoms with Crippen molar-refractivity contribution < 1.29 is 43.3 Å². The topological polar surface area (TPSA) is 257 Å². The van der Waals surface area contributed by atoms with Crippen LogP contribution in [0.2, 0.25) is 0 Å². The largest absolute Gasteiger partial charge is 0.494 e. The second-order valence-electron chi connectivity index (χ2n) is 19.4. The fourth-order valence-corrected chi connectivity index (χ4v) is 9.22. The van der Waals surface area contributed by atoms with E-state index in [0.29, 0.717) is 55.5 Å². The molecule has 1 aliphatic heterocycles. The first kappa shape index (κ1) is 51.8. The summed E-state index contributed by atoms with van der Waals surface area (Å²) in [4.78, 5) is 86.4. The van der Waals surface area contributed by atoms with E-state index in [1.165, 1.54) is 6.07 Å². The van der Waals surface area contributed by atoms with E-state index in [0.717, 1.165) is 42.2 Å². The summed E-state index contributed by atoms with van der Waals surface area (Å²) in [6.45, 7) is 7.10. The minimum Gasteiger partial charge on any atom is -0.494 e. The fourth-order valence-electron chi connectivity index (χ4n) is 9.22. The van der Waals surface area contributed by atoms with E-state index in [1.807, 2.05) is 63.2 Å². The number of benzene rings is 3. The van der Waals surface area contributed by atoms with Crippen LogP contribution in [0, 0.1) is 11.8 Å². The lowest BCUT2D eigenvalue weighted by Crippen LogP contribution is -2.62. The van der Waals surface area contributed by atoms with Crippen LogP contribution < -0.4 is 37.5 Å². The molecule has 5 amide bonds. The Bertz CT molecular complexity index is 2380. The number of piperidine rings is 1. The van der Waals surface area contributed by atoms with Crippen LogP contribution in [-0.4, -0.2) is 113 Å². The Morgan fingerprint density at radius 2 is 1.54 bits per heavy atom. The maximum Gasteiger partial charge on any atom is 0.407 e. The standard InChI is InChI=1S/C52H68N8O9/c1-52(2,3)59-49(64)44-29-36-16-7-8-17-37(36)31-60(44)32-45(69-51(67)55-25-11-12-26-68-38-22-19-34(20-23-38)27-39(53)50(65)66)42(28-33-13-5-4-6-14-33)57-48(63)43(30-46(54)61)58-47(62)41-24-21-35-15-9-10-18-40(35)56-41/h4-6,9-10,13-15,18-24,36-37,39,42-45H,7-8,11-12,16-17,25-32,53H2,1-3H3,(H2,54,61)(H,55,67)(H,57,63)(H,58,62)(H,59,64)(H,65,66)/t36-,37+,39-,42-,43-,44-,45+/m0/s1. The molecular formula is C52H68N8O9. The number of aromatic nitrogens is 1. The molecule has 1 aliphatic carbocycles. The number of alkyl carbamates (subject to hydrolysis) is 1. The molecular weight excluding hydrogens is 881 g/mol. The number of nitrogens with one attached hydrogen (secondary N) is 4. The Balaban J connectivity index is 1.21. The lowest BCUT2D eigenvalue weighted by atomic mass is 9.72. The predicted molar refractivity (Wildman–Crippen MR) is 261 cm³/mol. The Morgan fingerprint density at radius 3 is 2.25 bits per heavy atom. The van der Waals surface area contributed by atoms with Crippen LogP contribution in [0.4, 0.5) is 4.79 Å². The molecule has 0 unspecified atom stereocenters. The van der Waals surface area contributed by atoms with Gasteiger partial charge in [0.2, 0.25) is 17.7 Å². The van der Waals surface area contributed by atoms with Gasteiger partial charge in [-0.3, -0.25) is 28.9 Å². The molecule has 1 aromatic heterocycles. The van der Waals surface area contributed by atoms with Gasteiger partial charge in [0.25, 0.3) is 5.91 Å². The van der Waals surface area contributed by atoms with Crippen LogP contribution in [0.3, 0.4) is 0 Å². The van der Waals surface area contributed by atoms with E-state index in [1.54, 1.807) is 42.5 Å². The highest BCUT2D eigenvalue weighted by molar-refractivity contribution is 5.99. The number of unbranched alkanes of at least 4 members (excludes halogenated alkanes) is 1. The first-order valence-corrected chi connectivity index (χ1v) is 24.0. The number of carboxylic acids is 1. The van der Waals surface area contributed by atoms with E-state index in [9.17, 15) is 28.8 Å². The molecule has 0 bridgehead atoms. The average Bonchev–Trinajstić information content (AvgIpc) is 3.31. The summed E-state index contributed by atoms with van der Waals surface area (Å²) in [6.07, 6.45) is 4.14. The second-order valence-corrected chi connectivity index (χ2v) is 19.4. The van der Waals surface area contributed by atoms with Gasteiger partial charge in [-0.15, -0.1) is 0 Å². The van der Waals surface area contributed by atoms with Crippen molar-refractivity contribution in [3.05, 3.63) is 108 Å². The van der Waals surface area contributed by atoms with Gasteiger partial charge in [0.1, 0.15) is 29.6 Å². The monoisotopic (exact) mass is 949 g/mol. The van der Waals surface area contributed by atoms with Crippen LogP contribution in [0.5, 0.6) is 5.75 Å². The number of pyridine rings is 1. The van der Waals surface area contributed by atoms with Crippen molar-refractivity contribution in [3.8, 4) is 5.75 Å². The van der Waals surface area contributed by atoms with Crippen LogP contribution >= 0.6 is 0 Å². The van der Waals surface area contributed by atoms with E-state index >= 15 is 0 Å². The number of aliphatic carboxylic acids is 1. The van der Waals surface area contributed by atoms with E-state index in [-0.39, 0.29) is 37.5 Å². The molecule has 2 aliphatic rings. The van der Waals surface area contributed by atoms with Gasteiger partial charge >= 0.3 is 12.1 Å². The first-order valence-electron chi connectivity index (χ1n) is 24.0. The molecule has 6 rings (SSSR count). The summed E-state index contributed by atoms with van der Waals surface area (Å²) < 4.78 is 12.2. The average molecular weight is 949 g/mol. The Kier molecular flexibility index (Phi) is 18.5. The smallest absolute Gasteiger partial charge is 0.407 e. The van der Waals surface area contributed by atoms with E-state index in [4.69, 9.17) is 26.0 Å². The third-order valence-corrected chi connectivity index (χ3v) is 12.7. The van der Waals surface area contributed by atoms with Crippen LogP contribution in [0.1, 0.15) is 93.8 Å². The molecule has 3 aromatic carbocycles. The van der Waals surface area contributed by atoms with Crippen molar-refractivity contribution in [2.75, 3.05) is 26.2 Å². The zero-order valence-corrected chi connectivity index (χ0v) is 39.9. The number of nitrogens with zero attached hydrogens (tertiary/aromatic N) is 2. The summed E-state index contributed by atoms with van der Waals surface area (Å²) in [5.74, 6) is -2.09. The zero-order chi connectivity index (χ0) is 49.5. The summed E-state index contributed by atoms with van der Waals surface area (Å²) in [6, 6.07) is 23.1. The van der Waals surface area contributed by atoms with Gasteiger partial charge in [-0.05, 0) is 107 Å². The molecule has 1 saturated heterocycles. The van der Waals surface area contributed by atoms with Crippen molar-refractivity contribution in [1.82, 2.24) is 31.2 Å². The highest BCUT2D eigenvalue weighted by atomic mass is 16.6. The fraction of sp³-hybridized carbons (Fsp3) is 0.481. The predicted octanol–water partition coefficient (Wildman–Crippen LogP) is 4.64. The van der Waals surface area contributed by atoms with Crippen LogP contribution in [0.25, 0.3) is 10.9 Å². The number of fused-ring (bicyclic) bond motifs is 2. The number of para-hydroxylation sites is 1. The van der Waals surface area contributed by atoms with Gasteiger partial charge in [-0.2, -0.15) is 0 Å². The summed E-state index contributed by atoms with van der Waals surface area (Å²) in [5, 5.41) is 21.7. The van der Waals surface area contributed by atoms with Crippen molar-refractivity contribution >= 4 is 46.6 Å². The number of nitrogens with two attached hydrogens (primary N) is 2. The SMILES string of the molecule is CC(C)(C)NC(=O)[C@@H]1C[C@@H]2CCCC[C@@H]2CN1C[C@@H](OC(=O)NCCCCOc1ccc(C[C@H](N)C(=O)O)cc1)[C@H](Cc1ccccc1)NC(=O)[C@H](CC(N)=O)NC(=O)c1ccc2ccccc2n1. The molecule has 9 N–H and O–H groups in total. The Hall–Kier alpha value is -6.59. The summed E-state index contributed by atoms with van der Waals surface area (Å²) >= 11 is 0. The van der Waals surface area contributed by atoms with E-state index < -0.39 is 72.0 Å². The van der Waals surface area contributed by atoms with Gasteiger partial charge in [0.05, 0.1) is 30.6 Å². The second kappa shape index (κ2) is 24.6. The van der Waals surface area contributed by atoms with Crippen molar-refractivity contribution in [2.24, 2.45) is 23.3 Å². The third kappa shape index (κ3) is 16.0. The minimum atomic E-state index is -1.41. The number of primary amides is 1. The molecule has 4 aromatic rings. The lowest BCUT2D eigenvalue weighted by Gasteiger charge is -2.47. The molecule has 1 saturated carbocycles. The number of amides is 5. The van der Waals surface area contributed by atoms with Crippen molar-refractivity contribution in [1.29, 1.82) is 0 Å². The first-order chi connectivity index (χ1) is 33.0. The maximum atomic E-state index is 14.5. The minimum absolute atomic E-state index is 0.0427. The molecule has 69 heavy (non-hydrogen) atoms. The van der Waals surface area contributed by atoms with Crippen molar-refractivity contribution in [2.45, 2.75) is 121 Å². The highest BCUT2D eigenvalue weighted by Gasteiger charge is 2.43. The number of ether oxygens (including phenoxy) is 2. The molecule has 17 nitrogen and oxygen atoms in total. The number of hydrogen-bond acceptors (Lipinski definition) is 11. The number of likely N-dealkylation sites (tertiary alicyclic amines) is 1.